The molecule has 4 heteroatoms. The van der Waals surface area contributed by atoms with Crippen LogP contribution in [-0.2, 0) is 4.79 Å². The van der Waals surface area contributed by atoms with E-state index in [1.807, 2.05) is 0 Å². The molecule has 0 aromatic carbocycles. The van der Waals surface area contributed by atoms with Crippen LogP contribution in [0.3, 0.4) is 0 Å². The summed E-state index contributed by atoms with van der Waals surface area (Å²) >= 11 is 0. The van der Waals surface area contributed by atoms with Crippen LogP contribution in [0.15, 0.2) is 0 Å². The molecular weight excluding hydrogens is 116 g/mol. The molecule has 7 heavy (non-hydrogen) atoms. The molecule has 0 aliphatic rings. The Kier molecular flexibility index (Phi) is 8.19. The van der Waals surface area contributed by atoms with Gasteiger partial charge in [0.25, 0.3) is 0 Å². The van der Waals surface area contributed by atoms with E-state index in [0.717, 1.165) is 0 Å². The molecule has 0 rings (SSSR count). The van der Waals surface area contributed by atoms with E-state index in [0.29, 0.717) is 0 Å². The fourth-order valence-corrected chi connectivity index (χ4v) is 0.0956. The van der Waals surface area contributed by atoms with Gasteiger partial charge in [-0.05, 0) is 0 Å². The van der Waals surface area contributed by atoms with E-state index in [1.54, 1.807) is 0 Å². The van der Waals surface area contributed by atoms with E-state index in [9.17, 15) is 4.79 Å². The zero-order valence-electron chi connectivity index (χ0n) is 3.72. The monoisotopic (exact) mass is 124 g/mol. The molecule has 0 heterocycles. The number of carboxylic acids is 1. The smallest absolute Gasteiger partial charge is 0.305 e. The third kappa shape index (κ3) is 10.7. The standard InChI is InChI=1S/C3H6O3.H2S/c4-2-1-3(5)6;/h4H,1-2H2,(H,5,6);1H2. The molecular formula is C3H8O3S. The number of hydrogen-bond donors (Lipinski definition) is 2. The van der Waals surface area contributed by atoms with Crippen molar-refractivity contribution in [3.05, 3.63) is 0 Å². The Labute approximate surface area is 48.4 Å². The van der Waals surface area contributed by atoms with E-state index in [-0.39, 0.29) is 26.5 Å². The SMILES string of the molecule is O=C(O)CCO.S. The number of aliphatic hydroxyl groups is 1. The van der Waals surface area contributed by atoms with Crippen molar-refractivity contribution < 1.29 is 15.0 Å². The number of hydrogen-bond acceptors (Lipinski definition) is 2. The van der Waals surface area contributed by atoms with Crippen molar-refractivity contribution in [2.24, 2.45) is 0 Å². The van der Waals surface area contributed by atoms with Gasteiger partial charge < -0.3 is 10.2 Å². The molecule has 0 aromatic heterocycles. The first kappa shape index (κ1) is 9.91. The number of carboxylic acid groups (broad SMARTS) is 1. The maximum atomic E-state index is 9.44. The number of carbonyl (C=O) groups is 1. The molecule has 2 N–H and O–H groups in total. The van der Waals surface area contributed by atoms with Crippen molar-refractivity contribution >= 4 is 19.5 Å². The van der Waals surface area contributed by atoms with Crippen molar-refractivity contribution in [3.63, 3.8) is 0 Å². The van der Waals surface area contributed by atoms with Crippen LogP contribution in [0.25, 0.3) is 0 Å². The molecule has 0 saturated carbocycles. The molecule has 0 amide bonds. The number of aliphatic hydroxyl groups excluding tert-OH is 1. The first-order chi connectivity index (χ1) is 2.77. The summed E-state index contributed by atoms with van der Waals surface area (Å²) in [5.74, 6) is -0.961. The quantitative estimate of drug-likeness (QED) is 0.525. The maximum Gasteiger partial charge on any atom is 0.305 e. The van der Waals surface area contributed by atoms with Gasteiger partial charge in [-0.3, -0.25) is 4.79 Å². The van der Waals surface area contributed by atoms with E-state index >= 15 is 0 Å². The minimum Gasteiger partial charge on any atom is -0.481 e. The topological polar surface area (TPSA) is 57.5 Å². The normalized spacial score (nSPS) is 7.00. The highest BCUT2D eigenvalue weighted by molar-refractivity contribution is 7.59. The van der Waals surface area contributed by atoms with Gasteiger partial charge >= 0.3 is 5.97 Å². The lowest BCUT2D eigenvalue weighted by Crippen LogP contribution is -1.96. The molecule has 0 unspecified atom stereocenters. The fourth-order valence-electron chi connectivity index (χ4n) is 0.0956. The van der Waals surface area contributed by atoms with Crippen molar-refractivity contribution in [2.75, 3.05) is 6.61 Å². The van der Waals surface area contributed by atoms with Crippen LogP contribution in [0.5, 0.6) is 0 Å². The Balaban J connectivity index is 0. The van der Waals surface area contributed by atoms with Gasteiger partial charge in [-0.1, -0.05) is 0 Å². The van der Waals surface area contributed by atoms with Gasteiger partial charge in [-0.25, -0.2) is 0 Å². The first-order valence-electron chi connectivity index (χ1n) is 1.60. The Morgan fingerprint density at radius 1 is 1.57 bits per heavy atom. The largest absolute Gasteiger partial charge is 0.481 e. The molecule has 0 bridgehead atoms. The second-order valence-corrected chi connectivity index (χ2v) is 0.867. The summed E-state index contributed by atoms with van der Waals surface area (Å²) < 4.78 is 0. The highest BCUT2D eigenvalue weighted by atomic mass is 32.1. The predicted octanol–water partition coefficient (Wildman–Crippen LogP) is -0.434. The van der Waals surface area contributed by atoms with E-state index in [2.05, 4.69) is 0 Å². The van der Waals surface area contributed by atoms with Gasteiger partial charge in [0, 0.05) is 0 Å². The second kappa shape index (κ2) is 5.78. The summed E-state index contributed by atoms with van der Waals surface area (Å²) in [6, 6.07) is 0. The average molecular weight is 124 g/mol. The molecule has 44 valence electrons. The lowest BCUT2D eigenvalue weighted by atomic mass is 10.5. The highest BCUT2D eigenvalue weighted by Gasteiger charge is 1.88. The van der Waals surface area contributed by atoms with Crippen LogP contribution in [0.4, 0.5) is 0 Å². The van der Waals surface area contributed by atoms with E-state index in [4.69, 9.17) is 10.2 Å². The van der Waals surface area contributed by atoms with Crippen LogP contribution in [0, 0.1) is 0 Å². The molecule has 0 aliphatic heterocycles. The first-order valence-corrected chi connectivity index (χ1v) is 1.60. The lowest BCUT2D eigenvalue weighted by Gasteiger charge is -1.79. The minimum absolute atomic E-state index is 0. The maximum absolute atomic E-state index is 9.44. The van der Waals surface area contributed by atoms with Gasteiger partial charge in [0.05, 0.1) is 13.0 Å². The number of aliphatic carboxylic acids is 1. The van der Waals surface area contributed by atoms with Gasteiger partial charge in [0.15, 0.2) is 0 Å². The van der Waals surface area contributed by atoms with Crippen LogP contribution in [-0.4, -0.2) is 22.8 Å². The summed E-state index contributed by atoms with van der Waals surface area (Å²) in [5, 5.41) is 15.6. The van der Waals surface area contributed by atoms with E-state index in [1.165, 1.54) is 0 Å². The molecule has 0 saturated heterocycles. The molecule has 0 aliphatic carbocycles. The second-order valence-electron chi connectivity index (χ2n) is 0.867. The van der Waals surface area contributed by atoms with Crippen LogP contribution in [0.2, 0.25) is 0 Å². The summed E-state index contributed by atoms with van der Waals surface area (Å²) in [5.41, 5.74) is 0. The minimum atomic E-state index is -0.961. The zero-order valence-corrected chi connectivity index (χ0v) is 4.72. The predicted molar refractivity (Wildman–Crippen MR) is 29.7 cm³/mol. The number of rotatable bonds is 2. The van der Waals surface area contributed by atoms with Crippen molar-refractivity contribution in [1.82, 2.24) is 0 Å². The Morgan fingerprint density at radius 3 is 2.00 bits per heavy atom. The van der Waals surface area contributed by atoms with Gasteiger partial charge in [0.2, 0.25) is 0 Å². The van der Waals surface area contributed by atoms with Crippen LogP contribution >= 0.6 is 13.5 Å². The van der Waals surface area contributed by atoms with Gasteiger partial charge in [0.1, 0.15) is 0 Å². The van der Waals surface area contributed by atoms with Crippen LogP contribution in [0.1, 0.15) is 6.42 Å². The Hall–Kier alpha value is -0.220. The highest BCUT2D eigenvalue weighted by Crippen LogP contribution is 1.70. The molecule has 0 fully saturated rings. The molecule has 0 radical (unpaired) electrons. The fraction of sp³-hybridized carbons (Fsp3) is 0.667. The summed E-state index contributed by atoms with van der Waals surface area (Å²) in [6.07, 6.45) is -0.153. The molecule has 0 spiro atoms. The Bertz CT molecular complexity index is 54.1. The molecule has 3 nitrogen and oxygen atoms in total. The van der Waals surface area contributed by atoms with Crippen LogP contribution < -0.4 is 0 Å². The zero-order chi connectivity index (χ0) is 4.99. The van der Waals surface area contributed by atoms with E-state index < -0.39 is 5.97 Å². The third-order valence-corrected chi connectivity index (χ3v) is 0.326. The molecule has 0 aromatic rings. The third-order valence-electron chi connectivity index (χ3n) is 0.326. The lowest BCUT2D eigenvalue weighted by molar-refractivity contribution is -0.137. The summed E-state index contributed by atoms with van der Waals surface area (Å²) in [6.45, 7) is -0.269. The molecule has 0 atom stereocenters. The van der Waals surface area contributed by atoms with Gasteiger partial charge in [-0.2, -0.15) is 13.5 Å². The summed E-state index contributed by atoms with van der Waals surface area (Å²) in [4.78, 5) is 9.44. The average Bonchev–Trinajstić information content (AvgIpc) is 1.35. The van der Waals surface area contributed by atoms with Crippen molar-refractivity contribution in [2.45, 2.75) is 6.42 Å². The summed E-state index contributed by atoms with van der Waals surface area (Å²) in [7, 11) is 0. The van der Waals surface area contributed by atoms with Crippen molar-refractivity contribution in [3.8, 4) is 0 Å². The van der Waals surface area contributed by atoms with Gasteiger partial charge in [-0.15, -0.1) is 0 Å². The Morgan fingerprint density at radius 2 is 2.00 bits per heavy atom. The van der Waals surface area contributed by atoms with Crippen molar-refractivity contribution in [1.29, 1.82) is 0 Å².